The molecule has 0 N–H and O–H groups in total. The van der Waals surface area contributed by atoms with E-state index in [4.69, 9.17) is 23.6 Å². The molecule has 3 heterocycles. The molecule has 2 aliphatic rings. The molecule has 0 bridgehead atoms. The second kappa shape index (κ2) is 5.60. The highest BCUT2D eigenvalue weighted by molar-refractivity contribution is 5.78. The number of nitrogens with zero attached hydrogens (tertiary/aromatic N) is 2. The van der Waals surface area contributed by atoms with E-state index in [9.17, 15) is 0 Å². The van der Waals surface area contributed by atoms with Gasteiger partial charge in [0.1, 0.15) is 5.36 Å². The van der Waals surface area contributed by atoms with Crippen LogP contribution in [0.2, 0.25) is 0 Å². The summed E-state index contributed by atoms with van der Waals surface area (Å²) >= 11 is 0. The van der Waals surface area contributed by atoms with E-state index in [0.29, 0.717) is 0 Å². The average Bonchev–Trinajstić information content (AvgIpc) is 2.84. The molecule has 2 aromatic rings. The van der Waals surface area contributed by atoms with E-state index < -0.39 is 10.2 Å². The zero-order chi connectivity index (χ0) is 15.7. The first-order valence-corrected chi connectivity index (χ1v) is 7.68. The molecule has 112 valence electrons. The molecule has 4 rings (SSSR count). The summed E-state index contributed by atoms with van der Waals surface area (Å²) < 4.78 is 36.1. The van der Waals surface area contributed by atoms with Gasteiger partial charge >= 0.3 is 0 Å². The molecule has 0 aliphatic carbocycles. The quantitative estimate of drug-likeness (QED) is 0.407. The molecule has 1 aromatic heterocycles. The van der Waals surface area contributed by atoms with Gasteiger partial charge in [0.15, 0.2) is 12.4 Å². The summed E-state index contributed by atoms with van der Waals surface area (Å²) in [5.41, 5.74) is 3.58. The highest BCUT2D eigenvalue weighted by Gasteiger charge is 2.18. The standard InChI is InChI=1S/C15H11N2.ClHO4/c1-2-6-13-11(5-1)12-8-10-17-9-4-3-7-14(17)15(12)16-13;2-1(3,4)5/h1-2,4-10H,3H2;(H,2,3,4,5)/q+1;/p-1. The molecule has 0 fully saturated rings. The van der Waals surface area contributed by atoms with E-state index in [0.717, 1.165) is 17.5 Å². The van der Waals surface area contributed by atoms with Gasteiger partial charge in [0, 0.05) is 17.2 Å². The van der Waals surface area contributed by atoms with Crippen LogP contribution in [0.15, 0.2) is 47.6 Å². The number of allylic oxidation sites excluding steroid dienone is 1. The normalized spacial score (nSPS) is 13.8. The molecule has 7 heteroatoms. The predicted octanol–water partition coefficient (Wildman–Crippen LogP) is -3.20. The summed E-state index contributed by atoms with van der Waals surface area (Å²) in [5, 5.41) is 2.32. The molecule has 0 amide bonds. The van der Waals surface area contributed by atoms with E-state index in [1.165, 1.54) is 16.5 Å². The minimum absolute atomic E-state index is 0.988. The van der Waals surface area contributed by atoms with Crippen molar-refractivity contribution in [2.24, 2.45) is 4.99 Å². The van der Waals surface area contributed by atoms with Gasteiger partial charge in [0.2, 0.25) is 5.35 Å². The van der Waals surface area contributed by atoms with E-state index in [2.05, 4.69) is 53.4 Å². The van der Waals surface area contributed by atoms with Crippen molar-refractivity contribution in [3.8, 4) is 11.1 Å². The SMILES string of the molecule is C1=C[n+]2ccc3c(c2=CC1)=Nc1ccccc1-3.[O-][Cl+3]([O-])([O-])[O-]. The van der Waals surface area contributed by atoms with E-state index in [1.807, 2.05) is 6.07 Å². The van der Waals surface area contributed by atoms with Crippen molar-refractivity contribution in [1.82, 2.24) is 0 Å². The average molecular weight is 319 g/mol. The first-order valence-electron chi connectivity index (χ1n) is 6.44. The Bertz CT molecular complexity index is 866. The number of fused-ring (bicyclic) bond motifs is 5. The zero-order valence-electron chi connectivity index (χ0n) is 11.3. The van der Waals surface area contributed by atoms with Crippen LogP contribution in [-0.4, -0.2) is 0 Å². The molecule has 0 saturated carbocycles. The minimum atomic E-state index is -4.94. The van der Waals surface area contributed by atoms with Crippen molar-refractivity contribution < 1.29 is 33.4 Å². The zero-order valence-corrected chi connectivity index (χ0v) is 12.1. The summed E-state index contributed by atoms with van der Waals surface area (Å²) in [6, 6.07) is 10.5. The third kappa shape index (κ3) is 3.06. The number of hydrogen-bond donors (Lipinski definition) is 0. The molecule has 0 radical (unpaired) electrons. The third-order valence-corrected chi connectivity index (χ3v) is 3.32. The number of pyridine rings is 1. The third-order valence-electron chi connectivity index (χ3n) is 3.32. The number of benzene rings is 1. The predicted molar refractivity (Wildman–Crippen MR) is 66.9 cm³/mol. The lowest BCUT2D eigenvalue weighted by Crippen LogP contribution is -2.68. The van der Waals surface area contributed by atoms with Gasteiger partial charge in [-0.2, -0.15) is 4.57 Å². The van der Waals surface area contributed by atoms with Gasteiger partial charge in [0.05, 0.1) is 5.69 Å². The van der Waals surface area contributed by atoms with Crippen molar-refractivity contribution in [3.63, 3.8) is 0 Å². The molecule has 0 spiro atoms. The van der Waals surface area contributed by atoms with Crippen LogP contribution in [0.3, 0.4) is 0 Å². The van der Waals surface area contributed by atoms with Crippen LogP contribution >= 0.6 is 0 Å². The highest BCUT2D eigenvalue weighted by Crippen LogP contribution is 2.30. The first-order chi connectivity index (χ1) is 10.4. The highest BCUT2D eigenvalue weighted by atomic mass is 35.7. The molecule has 2 aliphatic heterocycles. The summed E-state index contributed by atoms with van der Waals surface area (Å²) in [5.74, 6) is 0. The second-order valence-corrected chi connectivity index (χ2v) is 5.46. The maximum absolute atomic E-state index is 8.49. The van der Waals surface area contributed by atoms with Gasteiger partial charge in [-0.1, -0.05) is 18.2 Å². The van der Waals surface area contributed by atoms with Crippen LogP contribution in [0.5, 0.6) is 0 Å². The lowest BCUT2D eigenvalue weighted by Gasteiger charge is -2.17. The van der Waals surface area contributed by atoms with Gasteiger partial charge < -0.3 is 0 Å². The first kappa shape index (κ1) is 14.8. The van der Waals surface area contributed by atoms with Crippen LogP contribution in [0.4, 0.5) is 5.69 Å². The number of rotatable bonds is 0. The summed E-state index contributed by atoms with van der Waals surface area (Å²) in [7, 11) is -4.94. The smallest absolute Gasteiger partial charge is 0.233 e. The molecular weight excluding hydrogens is 308 g/mol. The van der Waals surface area contributed by atoms with Gasteiger partial charge in [-0.15, -0.1) is 10.2 Å². The van der Waals surface area contributed by atoms with Crippen molar-refractivity contribution in [1.29, 1.82) is 0 Å². The van der Waals surface area contributed by atoms with Gasteiger partial charge in [-0.05, 0) is 24.6 Å². The Morgan fingerprint density at radius 1 is 1.00 bits per heavy atom. The fraction of sp³-hybridized carbons (Fsp3) is 0.0667. The number of aromatic nitrogens is 1. The van der Waals surface area contributed by atoms with E-state index in [1.54, 1.807) is 0 Å². The largest absolute Gasteiger partial charge is 0.241 e. The van der Waals surface area contributed by atoms with Gasteiger partial charge in [0.25, 0.3) is 0 Å². The van der Waals surface area contributed by atoms with Crippen molar-refractivity contribution in [2.45, 2.75) is 6.42 Å². The Hall–Kier alpha value is -2.09. The molecule has 0 saturated heterocycles. The van der Waals surface area contributed by atoms with Crippen molar-refractivity contribution >= 4 is 18.0 Å². The van der Waals surface area contributed by atoms with Crippen LogP contribution in [0.1, 0.15) is 6.42 Å². The van der Waals surface area contributed by atoms with Crippen LogP contribution in [-0.2, 0) is 0 Å². The summed E-state index contributed by atoms with van der Waals surface area (Å²) in [6.45, 7) is 0. The topological polar surface area (TPSA) is 108 Å². The van der Waals surface area contributed by atoms with Crippen LogP contribution in [0.25, 0.3) is 23.4 Å². The number of halogens is 1. The lowest BCUT2D eigenvalue weighted by molar-refractivity contribution is -2.00. The van der Waals surface area contributed by atoms with Crippen molar-refractivity contribution in [3.05, 3.63) is 53.3 Å². The van der Waals surface area contributed by atoms with Gasteiger partial charge in [-0.3, -0.25) is 0 Å². The lowest BCUT2D eigenvalue weighted by atomic mass is 10.1. The molecule has 1 aromatic carbocycles. The van der Waals surface area contributed by atoms with Gasteiger partial charge in [-0.25, -0.2) is 23.6 Å². The summed E-state index contributed by atoms with van der Waals surface area (Å²) in [6.07, 6.45) is 9.59. The maximum atomic E-state index is 8.49. The minimum Gasteiger partial charge on any atom is -0.241 e. The molecule has 0 unspecified atom stereocenters. The summed E-state index contributed by atoms with van der Waals surface area (Å²) in [4.78, 5) is 4.74. The fourth-order valence-corrected chi connectivity index (χ4v) is 2.51. The Balaban J connectivity index is 0.000000254. The maximum Gasteiger partial charge on any atom is 0.233 e. The Kier molecular flexibility index (Phi) is 3.78. The molecule has 22 heavy (non-hydrogen) atoms. The Morgan fingerprint density at radius 2 is 1.73 bits per heavy atom. The number of para-hydroxylation sites is 1. The molecule has 6 nitrogen and oxygen atoms in total. The Morgan fingerprint density at radius 3 is 2.50 bits per heavy atom. The van der Waals surface area contributed by atoms with E-state index >= 15 is 0 Å². The van der Waals surface area contributed by atoms with Crippen LogP contribution < -0.4 is 33.9 Å². The fourth-order valence-electron chi connectivity index (χ4n) is 2.51. The second-order valence-electron chi connectivity index (χ2n) is 4.70. The van der Waals surface area contributed by atoms with Crippen molar-refractivity contribution in [2.75, 3.05) is 0 Å². The molecule has 0 atom stereocenters. The molecular formula is C15H11ClN2O4. The monoisotopic (exact) mass is 318 g/mol. The van der Waals surface area contributed by atoms with E-state index in [-0.39, 0.29) is 0 Å². The van der Waals surface area contributed by atoms with Crippen LogP contribution in [0, 0.1) is 10.2 Å². The Labute approximate surface area is 128 Å². The number of hydrogen-bond acceptors (Lipinski definition) is 5.